The third kappa shape index (κ3) is 3.77. The Hall–Kier alpha value is -4.30. The Bertz CT molecular complexity index is 1600. The van der Waals surface area contributed by atoms with Gasteiger partial charge >= 0.3 is 0 Å². The summed E-state index contributed by atoms with van der Waals surface area (Å²) < 4.78 is 16.3. The van der Waals surface area contributed by atoms with E-state index in [-0.39, 0.29) is 17.2 Å². The van der Waals surface area contributed by atoms with Gasteiger partial charge in [-0.3, -0.25) is 10.2 Å². The average molecular weight is 480 g/mol. The Balaban J connectivity index is 1.39. The molecule has 1 N–H and O–H groups in total. The number of para-hydroxylation sites is 1. The zero-order valence-corrected chi connectivity index (χ0v) is 19.2. The predicted molar refractivity (Wildman–Crippen MR) is 138 cm³/mol. The van der Waals surface area contributed by atoms with Crippen molar-refractivity contribution in [2.45, 2.75) is 6.54 Å². The molecule has 2 aliphatic rings. The van der Waals surface area contributed by atoms with Gasteiger partial charge in [-0.1, -0.05) is 66.7 Å². The van der Waals surface area contributed by atoms with E-state index in [0.29, 0.717) is 22.3 Å². The van der Waals surface area contributed by atoms with E-state index in [1.165, 1.54) is 22.8 Å². The van der Waals surface area contributed by atoms with E-state index in [4.69, 9.17) is 5.41 Å². The number of hydrazone groups is 1. The molecule has 2 aliphatic heterocycles. The number of aliphatic imine (C=N–C) groups is 1. The molecule has 6 nitrogen and oxygen atoms in total. The number of hydrogen-bond donors (Lipinski definition) is 1. The number of carbonyl (C=O) groups excluding carboxylic acids is 1. The van der Waals surface area contributed by atoms with Crippen molar-refractivity contribution in [3.63, 3.8) is 0 Å². The molecule has 0 saturated carbocycles. The summed E-state index contributed by atoms with van der Waals surface area (Å²) in [6.07, 6.45) is 3.55. The largest absolute Gasteiger partial charge is 0.342 e. The molecule has 0 atom stereocenters. The van der Waals surface area contributed by atoms with Crippen molar-refractivity contribution < 1.29 is 9.18 Å². The standard InChI is InChI=1S/C27H18FN5OS/c28-22-12-6-4-10-18(22)15-32-16-19(20-11-5-7-13-23(20)32)14-21-24(29)33-27(30-25(21)34)35-26(31-33)17-8-2-1-3-9-17/h1-14,16,29H,15H2. The summed E-state index contributed by atoms with van der Waals surface area (Å²) in [6.45, 7) is 0.345. The Labute approximate surface area is 204 Å². The Morgan fingerprint density at radius 2 is 1.71 bits per heavy atom. The maximum atomic E-state index is 14.3. The maximum Gasteiger partial charge on any atom is 0.283 e. The SMILES string of the molecule is N=C1C(=Cc2cn(Cc3ccccc3F)c3ccccc23)C(=O)N=C2SC(c3ccccc3)=NN12. The number of benzene rings is 3. The molecule has 3 aromatic carbocycles. The molecule has 35 heavy (non-hydrogen) atoms. The van der Waals surface area contributed by atoms with Crippen LogP contribution in [0.2, 0.25) is 0 Å². The van der Waals surface area contributed by atoms with Gasteiger partial charge in [-0.15, -0.1) is 0 Å². The average Bonchev–Trinajstić information content (AvgIpc) is 3.46. The van der Waals surface area contributed by atoms with Crippen LogP contribution >= 0.6 is 11.8 Å². The van der Waals surface area contributed by atoms with Crippen LogP contribution in [-0.4, -0.2) is 31.5 Å². The van der Waals surface area contributed by atoms with Crippen molar-refractivity contribution in [2.75, 3.05) is 0 Å². The van der Waals surface area contributed by atoms with Gasteiger partial charge in [0.05, 0.1) is 12.1 Å². The Morgan fingerprint density at radius 1 is 0.971 bits per heavy atom. The van der Waals surface area contributed by atoms with E-state index >= 15 is 0 Å². The van der Waals surface area contributed by atoms with Crippen molar-refractivity contribution >= 4 is 50.7 Å². The lowest BCUT2D eigenvalue weighted by molar-refractivity contribution is -0.114. The molecule has 8 heteroatoms. The van der Waals surface area contributed by atoms with Crippen molar-refractivity contribution in [2.24, 2.45) is 10.1 Å². The first-order valence-corrected chi connectivity index (χ1v) is 11.8. The summed E-state index contributed by atoms with van der Waals surface area (Å²) in [5.74, 6) is -0.775. The van der Waals surface area contributed by atoms with Gasteiger partial charge in [0, 0.05) is 33.8 Å². The van der Waals surface area contributed by atoms with Crippen LogP contribution in [0.3, 0.4) is 0 Å². The minimum absolute atomic E-state index is 0.0237. The molecule has 1 aromatic heterocycles. The van der Waals surface area contributed by atoms with Crippen molar-refractivity contribution in [3.05, 3.63) is 113 Å². The lowest BCUT2D eigenvalue weighted by Gasteiger charge is -2.20. The predicted octanol–water partition coefficient (Wildman–Crippen LogP) is 5.50. The zero-order chi connectivity index (χ0) is 23.9. The van der Waals surface area contributed by atoms with Crippen LogP contribution in [0.4, 0.5) is 4.39 Å². The van der Waals surface area contributed by atoms with E-state index in [1.807, 2.05) is 71.4 Å². The number of amides is 1. The molecule has 0 saturated heterocycles. The molecule has 0 bridgehead atoms. The fourth-order valence-corrected chi connectivity index (χ4v) is 5.07. The molecular formula is C27H18FN5OS. The van der Waals surface area contributed by atoms with Gasteiger partial charge in [-0.05, 0) is 30.0 Å². The van der Waals surface area contributed by atoms with Gasteiger partial charge in [-0.25, -0.2) is 4.39 Å². The molecule has 0 unspecified atom stereocenters. The molecule has 3 heterocycles. The Morgan fingerprint density at radius 3 is 2.54 bits per heavy atom. The minimum atomic E-state index is -0.482. The monoisotopic (exact) mass is 479 g/mol. The number of carbonyl (C=O) groups is 1. The highest BCUT2D eigenvalue weighted by Crippen LogP contribution is 2.32. The second-order valence-electron chi connectivity index (χ2n) is 8.11. The third-order valence-electron chi connectivity index (χ3n) is 5.89. The lowest BCUT2D eigenvalue weighted by Crippen LogP contribution is -2.35. The molecule has 6 rings (SSSR count). The second-order valence-corrected chi connectivity index (χ2v) is 9.07. The summed E-state index contributed by atoms with van der Waals surface area (Å²) >= 11 is 1.27. The fraction of sp³-hybridized carbons (Fsp3) is 0.0370. The summed E-state index contributed by atoms with van der Waals surface area (Å²) in [5.41, 5.74) is 3.28. The number of aromatic nitrogens is 1. The molecule has 1 amide bonds. The first kappa shape index (κ1) is 21.2. The fourth-order valence-electron chi connectivity index (χ4n) is 4.18. The summed E-state index contributed by atoms with van der Waals surface area (Å²) in [7, 11) is 0. The summed E-state index contributed by atoms with van der Waals surface area (Å²) in [4.78, 5) is 17.1. The smallest absolute Gasteiger partial charge is 0.283 e. The third-order valence-corrected chi connectivity index (χ3v) is 6.85. The number of thioether (sulfide) groups is 1. The normalized spacial score (nSPS) is 16.6. The van der Waals surface area contributed by atoms with Gasteiger partial charge in [0.2, 0.25) is 5.17 Å². The van der Waals surface area contributed by atoms with Crippen LogP contribution in [0, 0.1) is 11.2 Å². The molecule has 4 aromatic rings. The van der Waals surface area contributed by atoms with Gasteiger partial charge in [0.15, 0.2) is 5.84 Å². The summed E-state index contributed by atoms with van der Waals surface area (Å²) in [6, 6.07) is 24.0. The van der Waals surface area contributed by atoms with Gasteiger partial charge in [0.25, 0.3) is 5.91 Å². The van der Waals surface area contributed by atoms with Crippen molar-refractivity contribution in [3.8, 4) is 0 Å². The molecule has 0 aliphatic carbocycles. The summed E-state index contributed by atoms with van der Waals surface area (Å²) in [5, 5.41) is 16.6. The number of nitrogens with one attached hydrogen (secondary N) is 1. The highest BCUT2D eigenvalue weighted by molar-refractivity contribution is 8.27. The Kier molecular flexibility index (Phi) is 5.15. The molecular weight excluding hydrogens is 461 g/mol. The lowest BCUT2D eigenvalue weighted by atomic mass is 10.1. The van der Waals surface area contributed by atoms with Crippen LogP contribution in [0.1, 0.15) is 16.7 Å². The van der Waals surface area contributed by atoms with E-state index < -0.39 is 5.91 Å². The maximum absolute atomic E-state index is 14.3. The first-order valence-electron chi connectivity index (χ1n) is 11.0. The van der Waals surface area contributed by atoms with Crippen LogP contribution in [-0.2, 0) is 11.3 Å². The number of rotatable bonds is 4. The number of fused-ring (bicyclic) bond motifs is 2. The number of halogens is 1. The molecule has 0 fully saturated rings. The van der Waals surface area contributed by atoms with E-state index in [2.05, 4.69) is 10.1 Å². The molecule has 0 radical (unpaired) electrons. The quantitative estimate of drug-likeness (QED) is 0.393. The number of nitrogens with zero attached hydrogens (tertiary/aromatic N) is 4. The van der Waals surface area contributed by atoms with Crippen molar-refractivity contribution in [1.29, 1.82) is 5.41 Å². The zero-order valence-electron chi connectivity index (χ0n) is 18.4. The highest BCUT2D eigenvalue weighted by Gasteiger charge is 2.36. The highest BCUT2D eigenvalue weighted by atomic mass is 32.2. The van der Waals surface area contributed by atoms with Crippen LogP contribution < -0.4 is 0 Å². The van der Waals surface area contributed by atoms with Gasteiger partial charge in [0.1, 0.15) is 10.9 Å². The number of amidine groups is 2. The molecule has 170 valence electrons. The van der Waals surface area contributed by atoms with Crippen LogP contribution in [0.15, 0.2) is 101 Å². The molecule has 0 spiro atoms. The van der Waals surface area contributed by atoms with E-state index in [9.17, 15) is 9.18 Å². The topological polar surface area (TPSA) is 73.8 Å². The second kappa shape index (κ2) is 8.48. The van der Waals surface area contributed by atoms with E-state index in [0.717, 1.165) is 22.0 Å². The van der Waals surface area contributed by atoms with Crippen LogP contribution in [0.5, 0.6) is 0 Å². The van der Waals surface area contributed by atoms with Crippen molar-refractivity contribution in [1.82, 2.24) is 9.58 Å². The number of hydrogen-bond acceptors (Lipinski definition) is 4. The van der Waals surface area contributed by atoms with Gasteiger partial charge in [-0.2, -0.15) is 15.1 Å². The first-order chi connectivity index (χ1) is 17.1. The van der Waals surface area contributed by atoms with Gasteiger partial charge < -0.3 is 4.57 Å². The van der Waals surface area contributed by atoms with Crippen LogP contribution in [0.25, 0.3) is 17.0 Å². The van der Waals surface area contributed by atoms with E-state index in [1.54, 1.807) is 18.2 Å². The minimum Gasteiger partial charge on any atom is -0.342 e.